The largest absolute Gasteiger partial charge is 0.508 e. The van der Waals surface area contributed by atoms with Gasteiger partial charge in [-0.3, -0.25) is 0 Å². The van der Waals surface area contributed by atoms with Crippen molar-refractivity contribution >= 4 is 16.9 Å². The quantitative estimate of drug-likeness (QED) is 0.809. The maximum atomic E-state index is 11.8. The van der Waals surface area contributed by atoms with Crippen LogP contribution in [0.4, 0.5) is 4.79 Å². The molecule has 23 heavy (non-hydrogen) atoms. The van der Waals surface area contributed by atoms with E-state index in [1.807, 2.05) is 51.1 Å². The summed E-state index contributed by atoms with van der Waals surface area (Å²) in [4.78, 5) is 11.8. The van der Waals surface area contributed by atoms with Crippen LogP contribution in [0.25, 0.3) is 10.8 Å². The van der Waals surface area contributed by atoms with Gasteiger partial charge in [0.25, 0.3) is 0 Å². The molecule has 1 atom stereocenters. The number of carbonyl (C=O) groups is 1. The molecular formula is C18H24N2O3. The molecule has 0 spiro atoms. The smallest absolute Gasteiger partial charge is 0.407 e. The second-order valence-electron chi connectivity index (χ2n) is 6.53. The van der Waals surface area contributed by atoms with Crippen molar-refractivity contribution < 1.29 is 14.6 Å². The van der Waals surface area contributed by atoms with Crippen molar-refractivity contribution in [3.63, 3.8) is 0 Å². The Balaban J connectivity index is 2.21. The van der Waals surface area contributed by atoms with Gasteiger partial charge < -0.3 is 20.9 Å². The van der Waals surface area contributed by atoms with Crippen LogP contribution in [0.1, 0.15) is 32.3 Å². The molecule has 0 aliphatic rings. The van der Waals surface area contributed by atoms with Crippen molar-refractivity contribution in [3.8, 4) is 5.75 Å². The van der Waals surface area contributed by atoms with Gasteiger partial charge in [-0.05, 0) is 37.6 Å². The van der Waals surface area contributed by atoms with E-state index in [1.165, 1.54) is 0 Å². The zero-order chi connectivity index (χ0) is 17.0. The standard InChI is InChI=1S/C18H24N2O3/c1-18(2,3)23-17(22)20-11-13(10-19)16-14-7-5-4-6-12(14)8-9-15(16)21/h4-9,13,21H,10-11,19H2,1-3H3,(H,20,22). The molecule has 2 rings (SSSR count). The number of rotatable bonds is 4. The van der Waals surface area contributed by atoms with Crippen LogP contribution >= 0.6 is 0 Å². The second kappa shape index (κ2) is 6.87. The summed E-state index contributed by atoms with van der Waals surface area (Å²) >= 11 is 0. The highest BCUT2D eigenvalue weighted by molar-refractivity contribution is 5.88. The van der Waals surface area contributed by atoms with Gasteiger partial charge in [0.1, 0.15) is 11.4 Å². The molecule has 0 saturated carbocycles. The summed E-state index contributed by atoms with van der Waals surface area (Å²) in [6, 6.07) is 11.3. The lowest BCUT2D eigenvalue weighted by Crippen LogP contribution is -2.36. The number of alkyl carbamates (subject to hydrolysis) is 1. The number of phenolic OH excluding ortho intramolecular Hbond substituents is 1. The Labute approximate surface area is 136 Å². The minimum Gasteiger partial charge on any atom is -0.508 e. The molecule has 1 amide bonds. The molecule has 4 N–H and O–H groups in total. The first kappa shape index (κ1) is 17.1. The van der Waals surface area contributed by atoms with Crippen LogP contribution in [0.2, 0.25) is 0 Å². The number of fused-ring (bicyclic) bond motifs is 1. The van der Waals surface area contributed by atoms with Crippen LogP contribution in [0.15, 0.2) is 36.4 Å². The molecule has 0 aromatic heterocycles. The van der Waals surface area contributed by atoms with Crippen LogP contribution in [-0.4, -0.2) is 29.9 Å². The summed E-state index contributed by atoms with van der Waals surface area (Å²) in [5.41, 5.74) is 6.07. The minimum atomic E-state index is -0.552. The average molecular weight is 316 g/mol. The third-order valence-electron chi connectivity index (χ3n) is 3.53. The number of hydrogen-bond acceptors (Lipinski definition) is 4. The number of nitrogens with one attached hydrogen (secondary N) is 1. The van der Waals surface area contributed by atoms with Gasteiger partial charge >= 0.3 is 6.09 Å². The molecule has 0 saturated heterocycles. The molecule has 0 aliphatic carbocycles. The normalized spacial score (nSPS) is 12.9. The fourth-order valence-electron chi connectivity index (χ4n) is 2.54. The van der Waals surface area contributed by atoms with E-state index in [9.17, 15) is 9.90 Å². The molecule has 1 unspecified atom stereocenters. The van der Waals surface area contributed by atoms with Gasteiger partial charge in [-0.15, -0.1) is 0 Å². The van der Waals surface area contributed by atoms with Gasteiger partial charge in [0.05, 0.1) is 0 Å². The van der Waals surface area contributed by atoms with Crippen molar-refractivity contribution in [1.82, 2.24) is 5.32 Å². The fraction of sp³-hybridized carbons (Fsp3) is 0.389. The SMILES string of the molecule is CC(C)(C)OC(=O)NCC(CN)c1c(O)ccc2ccccc12. The van der Waals surface area contributed by atoms with Crippen molar-refractivity contribution in [2.75, 3.05) is 13.1 Å². The van der Waals surface area contributed by atoms with Crippen LogP contribution in [0.5, 0.6) is 5.75 Å². The van der Waals surface area contributed by atoms with E-state index in [1.54, 1.807) is 6.07 Å². The molecule has 124 valence electrons. The Hall–Kier alpha value is -2.27. The molecule has 0 fully saturated rings. The van der Waals surface area contributed by atoms with Crippen LogP contribution in [-0.2, 0) is 4.74 Å². The van der Waals surface area contributed by atoms with Gasteiger partial charge in [-0.2, -0.15) is 0 Å². The van der Waals surface area contributed by atoms with Crippen molar-refractivity contribution in [2.24, 2.45) is 5.73 Å². The van der Waals surface area contributed by atoms with Crippen molar-refractivity contribution in [2.45, 2.75) is 32.3 Å². The monoisotopic (exact) mass is 316 g/mol. The van der Waals surface area contributed by atoms with Crippen LogP contribution in [0.3, 0.4) is 0 Å². The maximum absolute atomic E-state index is 11.8. The van der Waals surface area contributed by atoms with Crippen LogP contribution in [0, 0.1) is 0 Å². The molecule has 2 aromatic carbocycles. The summed E-state index contributed by atoms with van der Waals surface area (Å²) in [5, 5.41) is 15.0. The Kier molecular flexibility index (Phi) is 5.11. The van der Waals surface area contributed by atoms with Gasteiger partial charge in [0.2, 0.25) is 0 Å². The molecular weight excluding hydrogens is 292 g/mol. The molecule has 0 heterocycles. The second-order valence-corrected chi connectivity index (χ2v) is 6.53. The van der Waals surface area contributed by atoms with E-state index in [4.69, 9.17) is 10.5 Å². The number of phenols is 1. The highest BCUT2D eigenvalue weighted by atomic mass is 16.6. The molecule has 0 radical (unpaired) electrons. The topological polar surface area (TPSA) is 84.6 Å². The lowest BCUT2D eigenvalue weighted by molar-refractivity contribution is 0.0524. The predicted octanol–water partition coefficient (Wildman–Crippen LogP) is 3.11. The zero-order valence-electron chi connectivity index (χ0n) is 13.8. The minimum absolute atomic E-state index is 0.185. The molecule has 0 aliphatic heterocycles. The van der Waals surface area contributed by atoms with E-state index in [2.05, 4.69) is 5.32 Å². The number of carbonyl (C=O) groups excluding carboxylic acids is 1. The summed E-state index contributed by atoms with van der Waals surface area (Å²) < 4.78 is 5.23. The Morgan fingerprint density at radius 2 is 1.96 bits per heavy atom. The Morgan fingerprint density at radius 3 is 2.61 bits per heavy atom. The number of aromatic hydroxyl groups is 1. The number of amides is 1. The lowest BCUT2D eigenvalue weighted by atomic mass is 9.92. The molecule has 5 nitrogen and oxygen atoms in total. The summed E-state index contributed by atoms with van der Waals surface area (Å²) in [6.07, 6.45) is -0.490. The first-order chi connectivity index (χ1) is 10.8. The van der Waals surface area contributed by atoms with Crippen LogP contribution < -0.4 is 11.1 Å². The number of hydrogen-bond donors (Lipinski definition) is 3. The highest BCUT2D eigenvalue weighted by Crippen LogP contribution is 2.32. The third kappa shape index (κ3) is 4.36. The zero-order valence-corrected chi connectivity index (χ0v) is 13.8. The summed E-state index contributed by atoms with van der Waals surface area (Å²) in [6.45, 7) is 6.03. The van der Waals surface area contributed by atoms with Gasteiger partial charge in [-0.1, -0.05) is 30.3 Å². The van der Waals surface area contributed by atoms with E-state index in [-0.39, 0.29) is 11.7 Å². The van der Waals surface area contributed by atoms with E-state index in [0.29, 0.717) is 13.1 Å². The Bertz CT molecular complexity index is 692. The third-order valence-corrected chi connectivity index (χ3v) is 3.53. The number of nitrogens with two attached hydrogens (primary N) is 1. The first-order valence-corrected chi connectivity index (χ1v) is 7.69. The summed E-state index contributed by atoms with van der Waals surface area (Å²) in [7, 11) is 0. The van der Waals surface area contributed by atoms with E-state index < -0.39 is 11.7 Å². The molecule has 0 bridgehead atoms. The number of benzene rings is 2. The average Bonchev–Trinajstić information content (AvgIpc) is 2.47. The van der Waals surface area contributed by atoms with Gasteiger partial charge in [0.15, 0.2) is 0 Å². The maximum Gasteiger partial charge on any atom is 0.407 e. The fourth-order valence-corrected chi connectivity index (χ4v) is 2.54. The predicted molar refractivity (Wildman–Crippen MR) is 91.6 cm³/mol. The summed E-state index contributed by atoms with van der Waals surface area (Å²) in [5.74, 6) is -0.0150. The van der Waals surface area contributed by atoms with Crippen molar-refractivity contribution in [1.29, 1.82) is 0 Å². The van der Waals surface area contributed by atoms with Crippen molar-refractivity contribution in [3.05, 3.63) is 42.0 Å². The first-order valence-electron chi connectivity index (χ1n) is 7.69. The molecule has 2 aromatic rings. The van der Waals surface area contributed by atoms with E-state index in [0.717, 1.165) is 16.3 Å². The van der Waals surface area contributed by atoms with Gasteiger partial charge in [-0.25, -0.2) is 4.79 Å². The highest BCUT2D eigenvalue weighted by Gasteiger charge is 2.20. The Morgan fingerprint density at radius 1 is 1.26 bits per heavy atom. The van der Waals surface area contributed by atoms with E-state index >= 15 is 0 Å². The molecule has 5 heteroatoms. The lowest BCUT2D eigenvalue weighted by Gasteiger charge is -2.22. The van der Waals surface area contributed by atoms with Gasteiger partial charge in [0, 0.05) is 24.6 Å². The number of ether oxygens (including phenoxy) is 1.